The minimum absolute atomic E-state index is 0.244. The van der Waals surface area contributed by atoms with Crippen molar-refractivity contribution in [3.8, 4) is 11.5 Å². The van der Waals surface area contributed by atoms with Crippen LogP contribution in [0.15, 0.2) is 18.6 Å². The number of aromatic nitrogens is 6. The van der Waals surface area contributed by atoms with Gasteiger partial charge in [-0.15, -0.1) is 5.10 Å². The largest absolute Gasteiger partial charge is 0.465 e. The Morgan fingerprint density at radius 2 is 2.05 bits per heavy atom. The van der Waals surface area contributed by atoms with E-state index in [-0.39, 0.29) is 25.5 Å². The van der Waals surface area contributed by atoms with E-state index < -0.39 is 38.6 Å². The Morgan fingerprint density at radius 3 is 2.74 bits per heavy atom. The lowest BCUT2D eigenvalue weighted by Gasteiger charge is -2.36. The summed E-state index contributed by atoms with van der Waals surface area (Å²) in [6, 6.07) is 1.35. The number of rotatable bonds is 10. The zero-order valence-corrected chi connectivity index (χ0v) is 23.6. The number of carbonyl (C=O) groups is 1. The molecule has 1 aliphatic carbocycles. The number of pyridine rings is 1. The molecule has 3 heterocycles. The molecule has 0 aliphatic heterocycles. The number of hydrogen-bond acceptors (Lipinski definition) is 6. The van der Waals surface area contributed by atoms with Crippen LogP contribution in [0.5, 0.6) is 0 Å². The van der Waals surface area contributed by atoms with Crippen molar-refractivity contribution in [3.63, 3.8) is 0 Å². The molecule has 10 nitrogen and oxygen atoms in total. The monoisotopic (exact) mass is 549 g/mol. The summed E-state index contributed by atoms with van der Waals surface area (Å²) in [5, 5.41) is 15.9. The Bertz CT molecular complexity index is 1270. The van der Waals surface area contributed by atoms with Crippen LogP contribution in [0.4, 0.5) is 13.6 Å². The van der Waals surface area contributed by atoms with E-state index in [1.165, 1.54) is 0 Å². The molecular weight excluding hydrogens is 512 g/mol. The Labute approximate surface area is 221 Å². The SMILES string of the molecule is CC(C)Cc1nc2cnc(-c3ncn(COCC[Si](C)(C)C)n3)cc2n1C1CC(NC(=O)O)CC(F)(F)C1. The van der Waals surface area contributed by atoms with Gasteiger partial charge in [-0.1, -0.05) is 33.5 Å². The summed E-state index contributed by atoms with van der Waals surface area (Å²) in [4.78, 5) is 24.8. The van der Waals surface area contributed by atoms with Crippen LogP contribution < -0.4 is 5.32 Å². The number of alkyl halides is 2. The van der Waals surface area contributed by atoms with Crippen LogP contribution in [-0.4, -0.2) is 67.1 Å². The van der Waals surface area contributed by atoms with Gasteiger partial charge in [0, 0.05) is 46.0 Å². The van der Waals surface area contributed by atoms with Gasteiger partial charge in [-0.3, -0.25) is 4.98 Å². The molecule has 2 N–H and O–H groups in total. The highest BCUT2D eigenvalue weighted by Gasteiger charge is 2.43. The second-order valence-electron chi connectivity index (χ2n) is 11.8. The minimum atomic E-state index is -3.01. The van der Waals surface area contributed by atoms with Crippen molar-refractivity contribution in [1.29, 1.82) is 0 Å². The van der Waals surface area contributed by atoms with Gasteiger partial charge in [0.05, 0.1) is 11.7 Å². The first-order valence-electron chi connectivity index (χ1n) is 13.0. The smallest absolute Gasteiger partial charge is 0.404 e. The first-order chi connectivity index (χ1) is 17.8. The molecule has 0 saturated heterocycles. The van der Waals surface area contributed by atoms with Crippen molar-refractivity contribution in [2.75, 3.05) is 6.61 Å². The van der Waals surface area contributed by atoms with Crippen molar-refractivity contribution in [1.82, 2.24) is 34.6 Å². The fourth-order valence-electron chi connectivity index (χ4n) is 4.86. The third-order valence-electron chi connectivity index (χ3n) is 6.55. The van der Waals surface area contributed by atoms with Gasteiger partial charge in [-0.25, -0.2) is 28.2 Å². The molecule has 0 aromatic carbocycles. The first kappa shape index (κ1) is 28.1. The second kappa shape index (κ2) is 11.0. The minimum Gasteiger partial charge on any atom is -0.465 e. The Morgan fingerprint density at radius 1 is 1.29 bits per heavy atom. The van der Waals surface area contributed by atoms with Crippen molar-refractivity contribution in [2.45, 2.75) is 90.0 Å². The van der Waals surface area contributed by atoms with Crippen LogP contribution in [0, 0.1) is 5.92 Å². The molecule has 2 atom stereocenters. The van der Waals surface area contributed by atoms with E-state index in [1.807, 2.05) is 18.4 Å². The van der Waals surface area contributed by atoms with E-state index in [1.54, 1.807) is 23.3 Å². The van der Waals surface area contributed by atoms with Crippen molar-refractivity contribution in [3.05, 3.63) is 24.4 Å². The third-order valence-corrected chi connectivity index (χ3v) is 8.26. The standard InChI is InChI=1S/C25H37F2N7O3Si/c1-16(2)8-22-31-20-13-28-19(23-29-14-33(32-23)15-37-6-7-38(3,4)5)10-21(20)34(22)18-9-17(30-24(35)36)11-25(26,27)12-18/h10,13-14,16-18,30H,6-9,11-12,15H2,1-5H3,(H,35,36). The molecular formula is C25H37F2N7O3Si. The average molecular weight is 550 g/mol. The van der Waals surface area contributed by atoms with Crippen LogP contribution in [0.3, 0.4) is 0 Å². The highest BCUT2D eigenvalue weighted by atomic mass is 28.3. The summed E-state index contributed by atoms with van der Waals surface area (Å²) in [6.07, 6.45) is 1.83. The summed E-state index contributed by atoms with van der Waals surface area (Å²) < 4.78 is 38.7. The third kappa shape index (κ3) is 7.13. The van der Waals surface area contributed by atoms with E-state index >= 15 is 0 Å². The molecule has 3 aromatic heterocycles. The van der Waals surface area contributed by atoms with Gasteiger partial charge in [-0.05, 0) is 24.4 Å². The maximum atomic E-state index is 14.8. The van der Waals surface area contributed by atoms with Gasteiger partial charge in [0.1, 0.15) is 30.1 Å². The number of carboxylic acid groups (broad SMARTS) is 1. The van der Waals surface area contributed by atoms with Crippen molar-refractivity contribution >= 4 is 25.2 Å². The lowest BCUT2D eigenvalue weighted by atomic mass is 9.87. The molecule has 13 heteroatoms. The maximum Gasteiger partial charge on any atom is 0.404 e. The quantitative estimate of drug-likeness (QED) is 0.264. The van der Waals surface area contributed by atoms with Gasteiger partial charge in [0.2, 0.25) is 0 Å². The average Bonchev–Trinajstić information content (AvgIpc) is 3.37. The first-order valence-corrected chi connectivity index (χ1v) is 16.7. The molecule has 0 spiro atoms. The highest BCUT2D eigenvalue weighted by Crippen LogP contribution is 2.41. The molecule has 4 rings (SSSR count). The van der Waals surface area contributed by atoms with Crippen molar-refractivity contribution in [2.24, 2.45) is 5.92 Å². The second-order valence-corrected chi connectivity index (χ2v) is 17.4. The predicted octanol–water partition coefficient (Wildman–Crippen LogP) is 5.20. The van der Waals surface area contributed by atoms with E-state index in [2.05, 4.69) is 40.0 Å². The number of halogens is 2. The van der Waals surface area contributed by atoms with Gasteiger partial charge in [0.15, 0.2) is 5.82 Å². The van der Waals surface area contributed by atoms with Crippen LogP contribution in [0.2, 0.25) is 25.7 Å². The van der Waals surface area contributed by atoms with Crippen LogP contribution >= 0.6 is 0 Å². The van der Waals surface area contributed by atoms with E-state index in [0.29, 0.717) is 41.4 Å². The Kier molecular flexibility index (Phi) is 8.16. The van der Waals surface area contributed by atoms with Crippen molar-refractivity contribution < 1.29 is 23.4 Å². The molecule has 208 valence electrons. The van der Waals surface area contributed by atoms with Gasteiger partial charge in [0.25, 0.3) is 5.92 Å². The topological polar surface area (TPSA) is 120 Å². The molecule has 1 amide bonds. The number of ether oxygens (including phenoxy) is 1. The van der Waals surface area contributed by atoms with E-state index in [4.69, 9.17) is 14.8 Å². The number of fused-ring (bicyclic) bond motifs is 1. The predicted molar refractivity (Wildman–Crippen MR) is 142 cm³/mol. The summed E-state index contributed by atoms with van der Waals surface area (Å²) in [5.74, 6) is -1.68. The van der Waals surface area contributed by atoms with Crippen LogP contribution in [0.25, 0.3) is 22.6 Å². The van der Waals surface area contributed by atoms with Crippen LogP contribution in [-0.2, 0) is 17.9 Å². The van der Waals surface area contributed by atoms with Gasteiger partial charge < -0.3 is 19.7 Å². The molecule has 1 saturated carbocycles. The number of imidazole rings is 1. The van der Waals surface area contributed by atoms with E-state index in [0.717, 1.165) is 6.04 Å². The lowest BCUT2D eigenvalue weighted by molar-refractivity contribution is -0.0591. The summed E-state index contributed by atoms with van der Waals surface area (Å²) in [5.41, 5.74) is 1.75. The molecule has 1 aliphatic rings. The number of amides is 1. The Hall–Kier alpha value is -2.93. The van der Waals surface area contributed by atoms with Gasteiger partial charge in [-0.2, -0.15) is 0 Å². The fourth-order valence-corrected chi connectivity index (χ4v) is 5.62. The molecule has 0 bridgehead atoms. The zero-order chi connectivity index (χ0) is 27.7. The number of nitrogens with zero attached hydrogens (tertiary/aromatic N) is 6. The summed E-state index contributed by atoms with van der Waals surface area (Å²) >= 11 is 0. The molecule has 38 heavy (non-hydrogen) atoms. The summed E-state index contributed by atoms with van der Waals surface area (Å²) in [7, 11) is -1.19. The molecule has 0 radical (unpaired) electrons. The Balaban J connectivity index is 1.64. The van der Waals surface area contributed by atoms with Crippen LogP contribution in [0.1, 0.15) is 45.0 Å². The fraction of sp³-hybridized carbons (Fsp3) is 0.640. The van der Waals surface area contributed by atoms with Gasteiger partial charge >= 0.3 is 6.09 Å². The maximum absolute atomic E-state index is 14.8. The number of nitrogens with one attached hydrogen (secondary N) is 1. The van der Waals surface area contributed by atoms with E-state index in [9.17, 15) is 13.6 Å². The highest BCUT2D eigenvalue weighted by molar-refractivity contribution is 6.76. The lowest BCUT2D eigenvalue weighted by Crippen LogP contribution is -2.45. The normalized spacial score (nSPS) is 19.8. The molecule has 2 unspecified atom stereocenters. The molecule has 1 fully saturated rings. The summed E-state index contributed by atoms with van der Waals surface area (Å²) in [6.45, 7) is 11.9. The zero-order valence-electron chi connectivity index (χ0n) is 22.6. The molecule has 3 aromatic rings. The number of hydrogen-bond donors (Lipinski definition) is 2.